The summed E-state index contributed by atoms with van der Waals surface area (Å²) in [6, 6.07) is 12.0. The molecular weight excluding hydrogens is 289 g/mol. The molecule has 2 N–H and O–H groups in total. The molecule has 0 aromatic heterocycles. The van der Waals surface area contributed by atoms with Crippen LogP contribution in [0.15, 0.2) is 42.5 Å². The van der Waals surface area contributed by atoms with E-state index >= 15 is 0 Å². The van der Waals surface area contributed by atoms with Crippen LogP contribution in [0, 0.1) is 5.82 Å². The van der Waals surface area contributed by atoms with Gasteiger partial charge in [0.25, 0.3) is 0 Å². The highest BCUT2D eigenvalue weighted by atomic mass is 35.5. The van der Waals surface area contributed by atoms with Crippen molar-refractivity contribution in [3.8, 4) is 5.75 Å². The highest BCUT2D eigenvalue weighted by Gasteiger charge is 2.29. The largest absolute Gasteiger partial charge is 0.496 e. The maximum absolute atomic E-state index is 14.1. The van der Waals surface area contributed by atoms with Crippen LogP contribution in [-0.2, 0) is 12.0 Å². The van der Waals surface area contributed by atoms with Crippen LogP contribution in [-0.4, -0.2) is 7.11 Å². The lowest BCUT2D eigenvalue weighted by Crippen LogP contribution is -2.39. The summed E-state index contributed by atoms with van der Waals surface area (Å²) in [4.78, 5) is 0. The first-order chi connectivity index (χ1) is 10.00. The first-order valence-corrected chi connectivity index (χ1v) is 7.24. The Kier molecular flexibility index (Phi) is 4.86. The molecule has 0 aliphatic carbocycles. The third-order valence-electron chi connectivity index (χ3n) is 3.79. The Labute approximate surface area is 129 Å². The van der Waals surface area contributed by atoms with E-state index < -0.39 is 5.54 Å². The summed E-state index contributed by atoms with van der Waals surface area (Å²) in [6.07, 6.45) is 1.05. The van der Waals surface area contributed by atoms with Crippen molar-refractivity contribution in [2.24, 2.45) is 5.73 Å². The number of rotatable bonds is 5. The normalized spacial score (nSPS) is 13.8. The molecule has 1 unspecified atom stereocenters. The minimum Gasteiger partial charge on any atom is -0.496 e. The zero-order chi connectivity index (χ0) is 15.5. The molecule has 0 aliphatic rings. The van der Waals surface area contributed by atoms with E-state index in [0.29, 0.717) is 29.2 Å². The fraction of sp³-hybridized carbons (Fsp3) is 0.294. The number of benzene rings is 2. The van der Waals surface area contributed by atoms with Crippen molar-refractivity contribution in [3.63, 3.8) is 0 Å². The average molecular weight is 308 g/mol. The van der Waals surface area contributed by atoms with Crippen LogP contribution < -0.4 is 10.5 Å². The number of hydrogen-bond donors (Lipinski definition) is 1. The van der Waals surface area contributed by atoms with Gasteiger partial charge in [0.2, 0.25) is 0 Å². The lowest BCUT2D eigenvalue weighted by Gasteiger charge is -2.30. The second kappa shape index (κ2) is 6.46. The van der Waals surface area contributed by atoms with Crippen LogP contribution in [0.1, 0.15) is 24.5 Å². The molecule has 2 aromatic rings. The smallest absolute Gasteiger partial charge is 0.128 e. The first-order valence-electron chi connectivity index (χ1n) is 6.86. The zero-order valence-corrected chi connectivity index (χ0v) is 13.0. The molecule has 0 aliphatic heterocycles. The molecule has 0 spiro atoms. The maximum atomic E-state index is 14.1. The summed E-state index contributed by atoms with van der Waals surface area (Å²) in [7, 11) is 1.60. The molecule has 0 bridgehead atoms. The van der Waals surface area contributed by atoms with Crippen molar-refractivity contribution in [2.45, 2.75) is 25.3 Å². The van der Waals surface area contributed by atoms with Crippen molar-refractivity contribution in [2.75, 3.05) is 7.11 Å². The van der Waals surface area contributed by atoms with Crippen molar-refractivity contribution < 1.29 is 9.13 Å². The van der Waals surface area contributed by atoms with Gasteiger partial charge in [-0.05, 0) is 42.7 Å². The molecular formula is C17H19ClFNO. The Hall–Kier alpha value is -1.58. The first kappa shape index (κ1) is 15.8. The van der Waals surface area contributed by atoms with Gasteiger partial charge in [0.15, 0.2) is 0 Å². The molecule has 4 heteroatoms. The van der Waals surface area contributed by atoms with E-state index in [2.05, 4.69) is 0 Å². The summed E-state index contributed by atoms with van der Waals surface area (Å²) in [6.45, 7) is 1.95. The lowest BCUT2D eigenvalue weighted by molar-refractivity contribution is 0.378. The second-order valence-corrected chi connectivity index (χ2v) is 5.56. The summed E-state index contributed by atoms with van der Waals surface area (Å²) in [5.74, 6) is 0.418. The standard InChI is InChI=1S/C17H19ClFNO/c1-3-17(20,14-6-4-5-7-15(14)19)11-12-10-13(18)8-9-16(12)21-2/h4-10H,3,11,20H2,1-2H3. The van der Waals surface area contributed by atoms with Gasteiger partial charge in [-0.25, -0.2) is 4.39 Å². The molecule has 0 saturated carbocycles. The molecule has 0 heterocycles. The minimum absolute atomic E-state index is 0.289. The molecule has 0 radical (unpaired) electrons. The molecule has 21 heavy (non-hydrogen) atoms. The average Bonchev–Trinajstić information content (AvgIpc) is 2.48. The number of ether oxygens (including phenoxy) is 1. The summed E-state index contributed by atoms with van der Waals surface area (Å²) < 4.78 is 19.4. The summed E-state index contributed by atoms with van der Waals surface area (Å²) in [5.41, 5.74) is 7.07. The van der Waals surface area contributed by atoms with E-state index in [4.69, 9.17) is 22.1 Å². The topological polar surface area (TPSA) is 35.2 Å². The highest BCUT2D eigenvalue weighted by Crippen LogP contribution is 2.33. The predicted octanol–water partition coefficient (Wildman–Crippen LogP) is 4.29. The van der Waals surface area contributed by atoms with Gasteiger partial charge in [0.1, 0.15) is 11.6 Å². The van der Waals surface area contributed by atoms with Crippen LogP contribution >= 0.6 is 11.6 Å². The van der Waals surface area contributed by atoms with Crippen LogP contribution in [0.2, 0.25) is 5.02 Å². The Balaban J connectivity index is 2.44. The molecule has 1 atom stereocenters. The maximum Gasteiger partial charge on any atom is 0.128 e. The van der Waals surface area contributed by atoms with Crippen molar-refractivity contribution >= 4 is 11.6 Å². The van der Waals surface area contributed by atoms with E-state index in [1.807, 2.05) is 13.0 Å². The molecule has 0 saturated heterocycles. The van der Waals surface area contributed by atoms with Crippen LogP contribution in [0.4, 0.5) is 4.39 Å². The van der Waals surface area contributed by atoms with Gasteiger partial charge in [-0.2, -0.15) is 0 Å². The summed E-state index contributed by atoms with van der Waals surface area (Å²) >= 11 is 6.05. The summed E-state index contributed by atoms with van der Waals surface area (Å²) in [5, 5.41) is 0.609. The number of methoxy groups -OCH3 is 1. The monoisotopic (exact) mass is 307 g/mol. The molecule has 2 nitrogen and oxygen atoms in total. The lowest BCUT2D eigenvalue weighted by atomic mass is 9.82. The predicted molar refractivity (Wildman–Crippen MR) is 84.3 cm³/mol. The fourth-order valence-electron chi connectivity index (χ4n) is 2.50. The second-order valence-electron chi connectivity index (χ2n) is 5.12. The fourth-order valence-corrected chi connectivity index (χ4v) is 2.70. The molecule has 0 amide bonds. The highest BCUT2D eigenvalue weighted by molar-refractivity contribution is 6.30. The van der Waals surface area contributed by atoms with E-state index in [1.54, 1.807) is 37.4 Å². The van der Waals surface area contributed by atoms with Gasteiger partial charge in [-0.15, -0.1) is 0 Å². The van der Waals surface area contributed by atoms with Gasteiger partial charge in [-0.1, -0.05) is 36.7 Å². The van der Waals surface area contributed by atoms with Crippen LogP contribution in [0.3, 0.4) is 0 Å². The molecule has 2 rings (SSSR count). The third kappa shape index (κ3) is 3.36. The van der Waals surface area contributed by atoms with Crippen molar-refractivity contribution in [1.29, 1.82) is 0 Å². The minimum atomic E-state index is -0.802. The zero-order valence-electron chi connectivity index (χ0n) is 12.2. The Morgan fingerprint density at radius 2 is 1.95 bits per heavy atom. The van der Waals surface area contributed by atoms with Gasteiger partial charge in [-0.3, -0.25) is 0 Å². The Morgan fingerprint density at radius 1 is 1.24 bits per heavy atom. The van der Waals surface area contributed by atoms with E-state index in [9.17, 15) is 4.39 Å². The Morgan fingerprint density at radius 3 is 2.57 bits per heavy atom. The van der Waals surface area contributed by atoms with Gasteiger partial charge in [0, 0.05) is 16.1 Å². The van der Waals surface area contributed by atoms with E-state index in [0.717, 1.165) is 5.56 Å². The van der Waals surface area contributed by atoms with Crippen molar-refractivity contribution in [3.05, 3.63) is 64.4 Å². The van der Waals surface area contributed by atoms with Gasteiger partial charge >= 0.3 is 0 Å². The third-order valence-corrected chi connectivity index (χ3v) is 4.02. The van der Waals surface area contributed by atoms with E-state index in [1.165, 1.54) is 6.07 Å². The number of halogens is 2. The number of hydrogen-bond acceptors (Lipinski definition) is 2. The Bertz CT molecular complexity index is 632. The molecule has 2 aromatic carbocycles. The molecule has 0 fully saturated rings. The van der Waals surface area contributed by atoms with Crippen molar-refractivity contribution in [1.82, 2.24) is 0 Å². The quantitative estimate of drug-likeness (QED) is 0.894. The van der Waals surface area contributed by atoms with Gasteiger partial charge in [0.05, 0.1) is 7.11 Å². The SMILES string of the molecule is CCC(N)(Cc1cc(Cl)ccc1OC)c1ccccc1F. The number of nitrogens with two attached hydrogens (primary N) is 1. The van der Waals surface area contributed by atoms with Crippen LogP contribution in [0.25, 0.3) is 0 Å². The van der Waals surface area contributed by atoms with Crippen LogP contribution in [0.5, 0.6) is 5.75 Å². The molecule has 112 valence electrons. The van der Waals surface area contributed by atoms with Gasteiger partial charge < -0.3 is 10.5 Å². The van der Waals surface area contributed by atoms with E-state index in [-0.39, 0.29) is 5.82 Å².